The molecule has 110 valence electrons. The number of nitrogens with one attached hydrogen (secondary N) is 1. The normalized spacial score (nSPS) is 10.5. The van der Waals surface area contributed by atoms with Crippen LogP contribution >= 0.6 is 46.6 Å². The van der Waals surface area contributed by atoms with Crippen LogP contribution in [0.25, 0.3) is 0 Å². The molecule has 0 aromatic heterocycles. The molecule has 1 amide bonds. The number of amides is 1. The summed E-state index contributed by atoms with van der Waals surface area (Å²) in [5, 5.41) is 4.49. The largest absolute Gasteiger partial charge is 0.325 e. The third kappa shape index (κ3) is 4.55. The van der Waals surface area contributed by atoms with Crippen LogP contribution in [0.2, 0.25) is 15.1 Å². The Morgan fingerprint density at radius 2 is 1.81 bits per heavy atom. The maximum absolute atomic E-state index is 12.0. The third-order valence-corrected chi connectivity index (χ3v) is 4.96. The lowest BCUT2D eigenvalue weighted by Crippen LogP contribution is -2.14. The molecule has 0 saturated heterocycles. The summed E-state index contributed by atoms with van der Waals surface area (Å²) in [6.45, 7) is 1.91. The number of benzene rings is 2. The first-order valence-corrected chi connectivity index (χ1v) is 8.22. The van der Waals surface area contributed by atoms with Crippen LogP contribution < -0.4 is 5.32 Å². The molecule has 0 aliphatic rings. The summed E-state index contributed by atoms with van der Waals surface area (Å²) in [6, 6.07) is 10.6. The van der Waals surface area contributed by atoms with Gasteiger partial charge in [0, 0.05) is 15.6 Å². The van der Waals surface area contributed by atoms with Gasteiger partial charge in [-0.3, -0.25) is 4.79 Å². The minimum absolute atomic E-state index is 0.138. The fourth-order valence-electron chi connectivity index (χ4n) is 1.67. The fraction of sp³-hybridized carbons (Fsp3) is 0.133. The van der Waals surface area contributed by atoms with Gasteiger partial charge in [0.1, 0.15) is 0 Å². The van der Waals surface area contributed by atoms with Crippen molar-refractivity contribution in [1.29, 1.82) is 0 Å². The van der Waals surface area contributed by atoms with Crippen molar-refractivity contribution in [2.75, 3.05) is 11.1 Å². The van der Waals surface area contributed by atoms with Gasteiger partial charge in [-0.2, -0.15) is 0 Å². The van der Waals surface area contributed by atoms with Crippen LogP contribution in [0.1, 0.15) is 5.56 Å². The molecule has 0 spiro atoms. The van der Waals surface area contributed by atoms with E-state index in [2.05, 4.69) is 5.32 Å². The summed E-state index contributed by atoms with van der Waals surface area (Å²) < 4.78 is 0. The maximum atomic E-state index is 12.0. The van der Waals surface area contributed by atoms with Crippen molar-refractivity contribution in [3.63, 3.8) is 0 Å². The van der Waals surface area contributed by atoms with E-state index < -0.39 is 0 Å². The predicted molar refractivity (Wildman–Crippen MR) is 92.0 cm³/mol. The first-order chi connectivity index (χ1) is 9.97. The van der Waals surface area contributed by atoms with Crippen molar-refractivity contribution in [3.05, 3.63) is 57.0 Å². The SMILES string of the molecule is Cc1ccc(Cl)cc1NC(=O)CSc1c(Cl)cccc1Cl. The molecule has 0 aliphatic carbocycles. The topological polar surface area (TPSA) is 29.1 Å². The van der Waals surface area contributed by atoms with Gasteiger partial charge in [0.05, 0.1) is 15.8 Å². The second kappa shape index (κ2) is 7.41. The molecule has 2 aromatic carbocycles. The molecular weight excluding hydrogens is 349 g/mol. The van der Waals surface area contributed by atoms with Gasteiger partial charge in [0.25, 0.3) is 0 Å². The Labute approximate surface area is 142 Å². The Hall–Kier alpha value is -0.870. The minimum atomic E-state index is -0.138. The highest BCUT2D eigenvalue weighted by Crippen LogP contribution is 2.33. The Morgan fingerprint density at radius 1 is 1.14 bits per heavy atom. The number of aryl methyl sites for hydroxylation is 1. The van der Waals surface area contributed by atoms with Crippen LogP contribution in [0.4, 0.5) is 5.69 Å². The molecular formula is C15H12Cl3NOS. The van der Waals surface area contributed by atoms with E-state index in [0.717, 1.165) is 5.56 Å². The zero-order valence-corrected chi connectivity index (χ0v) is 14.2. The van der Waals surface area contributed by atoms with Crippen molar-refractivity contribution < 1.29 is 4.79 Å². The lowest BCUT2D eigenvalue weighted by Gasteiger charge is -2.10. The molecule has 2 aromatic rings. The van der Waals surface area contributed by atoms with Crippen molar-refractivity contribution in [2.45, 2.75) is 11.8 Å². The predicted octanol–water partition coefficient (Wildman–Crippen LogP) is 5.69. The van der Waals surface area contributed by atoms with Crippen LogP contribution in [0.5, 0.6) is 0 Å². The lowest BCUT2D eigenvalue weighted by molar-refractivity contribution is -0.113. The second-order valence-corrected chi connectivity index (χ2v) is 6.58. The van der Waals surface area contributed by atoms with Gasteiger partial charge in [0.15, 0.2) is 0 Å². The Kier molecular flexibility index (Phi) is 5.82. The van der Waals surface area contributed by atoms with Crippen LogP contribution in [0, 0.1) is 6.92 Å². The molecule has 2 rings (SSSR count). The molecule has 0 heterocycles. The van der Waals surface area contributed by atoms with Crippen LogP contribution in [0.15, 0.2) is 41.3 Å². The molecule has 0 saturated carbocycles. The number of anilines is 1. The highest BCUT2D eigenvalue weighted by molar-refractivity contribution is 8.00. The summed E-state index contributed by atoms with van der Waals surface area (Å²) >= 11 is 19.4. The molecule has 0 atom stereocenters. The van der Waals surface area contributed by atoms with E-state index in [-0.39, 0.29) is 11.7 Å². The van der Waals surface area contributed by atoms with Crippen molar-refractivity contribution in [2.24, 2.45) is 0 Å². The highest BCUT2D eigenvalue weighted by atomic mass is 35.5. The van der Waals surface area contributed by atoms with E-state index in [9.17, 15) is 4.79 Å². The Bertz CT molecular complexity index is 656. The summed E-state index contributed by atoms with van der Waals surface area (Å²) in [5.74, 6) is 0.0800. The standard InChI is InChI=1S/C15H12Cl3NOS/c1-9-5-6-10(16)7-13(9)19-14(20)8-21-15-11(17)3-2-4-12(15)18/h2-7H,8H2,1H3,(H,19,20). The van der Waals surface area contributed by atoms with Crippen molar-refractivity contribution in [3.8, 4) is 0 Å². The smallest absolute Gasteiger partial charge is 0.234 e. The number of hydrogen-bond acceptors (Lipinski definition) is 2. The number of carbonyl (C=O) groups is 1. The molecule has 0 radical (unpaired) electrons. The molecule has 21 heavy (non-hydrogen) atoms. The monoisotopic (exact) mass is 359 g/mol. The zero-order chi connectivity index (χ0) is 15.4. The van der Waals surface area contributed by atoms with Gasteiger partial charge in [-0.05, 0) is 36.8 Å². The molecule has 0 unspecified atom stereocenters. The van der Waals surface area contributed by atoms with Gasteiger partial charge in [0.2, 0.25) is 5.91 Å². The summed E-state index contributed by atoms with van der Waals surface area (Å²) in [6.07, 6.45) is 0. The van der Waals surface area contributed by atoms with E-state index >= 15 is 0 Å². The summed E-state index contributed by atoms with van der Waals surface area (Å²) in [4.78, 5) is 12.7. The van der Waals surface area contributed by atoms with Gasteiger partial charge >= 0.3 is 0 Å². The molecule has 2 nitrogen and oxygen atoms in total. The van der Waals surface area contributed by atoms with Gasteiger partial charge in [-0.15, -0.1) is 11.8 Å². The Balaban J connectivity index is 2.01. The van der Waals surface area contributed by atoms with Crippen LogP contribution in [-0.2, 0) is 4.79 Å². The van der Waals surface area contributed by atoms with E-state index in [1.165, 1.54) is 11.8 Å². The number of thioether (sulfide) groups is 1. The maximum Gasteiger partial charge on any atom is 0.234 e. The molecule has 1 N–H and O–H groups in total. The van der Waals surface area contributed by atoms with Crippen LogP contribution in [0.3, 0.4) is 0 Å². The van der Waals surface area contributed by atoms with Gasteiger partial charge in [-0.1, -0.05) is 46.9 Å². The van der Waals surface area contributed by atoms with E-state index in [0.29, 0.717) is 25.7 Å². The minimum Gasteiger partial charge on any atom is -0.325 e. The van der Waals surface area contributed by atoms with Crippen molar-refractivity contribution in [1.82, 2.24) is 0 Å². The quantitative estimate of drug-likeness (QED) is 0.710. The van der Waals surface area contributed by atoms with E-state index in [1.54, 1.807) is 30.3 Å². The highest BCUT2D eigenvalue weighted by Gasteiger charge is 2.10. The first-order valence-electron chi connectivity index (χ1n) is 6.10. The summed E-state index contributed by atoms with van der Waals surface area (Å²) in [7, 11) is 0. The zero-order valence-electron chi connectivity index (χ0n) is 11.1. The number of hydrogen-bond donors (Lipinski definition) is 1. The molecule has 6 heteroatoms. The molecule has 0 bridgehead atoms. The van der Waals surface area contributed by atoms with Crippen molar-refractivity contribution >= 4 is 58.2 Å². The van der Waals surface area contributed by atoms with Gasteiger partial charge in [-0.25, -0.2) is 0 Å². The fourth-order valence-corrected chi connectivity index (χ4v) is 3.33. The van der Waals surface area contributed by atoms with Gasteiger partial charge < -0.3 is 5.32 Å². The molecule has 0 aliphatic heterocycles. The average molecular weight is 361 g/mol. The molecule has 0 fully saturated rings. The average Bonchev–Trinajstić information content (AvgIpc) is 2.42. The van der Waals surface area contributed by atoms with E-state index in [4.69, 9.17) is 34.8 Å². The first kappa shape index (κ1) is 16.5. The number of carbonyl (C=O) groups excluding carboxylic acids is 1. The Morgan fingerprint density at radius 3 is 2.48 bits per heavy atom. The lowest BCUT2D eigenvalue weighted by atomic mass is 10.2. The van der Waals surface area contributed by atoms with E-state index in [1.807, 2.05) is 13.0 Å². The van der Waals surface area contributed by atoms with Crippen LogP contribution in [-0.4, -0.2) is 11.7 Å². The second-order valence-electron chi connectivity index (χ2n) is 4.35. The number of halogens is 3. The third-order valence-electron chi connectivity index (χ3n) is 2.74. The number of rotatable bonds is 4. The summed E-state index contributed by atoms with van der Waals surface area (Å²) in [5.41, 5.74) is 1.66.